The molecule has 5 nitrogen and oxygen atoms in total. The highest BCUT2D eigenvalue weighted by molar-refractivity contribution is 5.85. The van der Waals surface area contributed by atoms with E-state index >= 15 is 0 Å². The van der Waals surface area contributed by atoms with E-state index in [4.69, 9.17) is 5.11 Å². The average molecular weight is 263 g/mol. The summed E-state index contributed by atoms with van der Waals surface area (Å²) in [7, 11) is 0. The molecule has 0 spiro atoms. The number of aromatic carboxylic acids is 1. The molecule has 1 fully saturated rings. The Balaban J connectivity index is 2.13. The molecule has 5 heteroatoms. The van der Waals surface area contributed by atoms with E-state index in [1.807, 2.05) is 0 Å². The van der Waals surface area contributed by atoms with Gasteiger partial charge >= 0.3 is 5.97 Å². The fourth-order valence-corrected chi connectivity index (χ4v) is 2.94. The first-order chi connectivity index (χ1) is 9.01. The first kappa shape index (κ1) is 13.8. The Hall–Kier alpha value is -1.65. The van der Waals surface area contributed by atoms with E-state index in [0.29, 0.717) is 23.6 Å². The Morgan fingerprint density at radius 1 is 1.47 bits per heavy atom. The molecule has 2 N–H and O–H groups in total. The summed E-state index contributed by atoms with van der Waals surface area (Å²) in [4.78, 5) is 19.3. The van der Waals surface area contributed by atoms with Crippen molar-refractivity contribution in [2.45, 2.75) is 46.1 Å². The smallest absolute Gasteiger partial charge is 0.354 e. The molecule has 19 heavy (non-hydrogen) atoms. The van der Waals surface area contributed by atoms with E-state index in [1.165, 1.54) is 18.9 Å². The third kappa shape index (κ3) is 3.03. The Morgan fingerprint density at radius 2 is 2.21 bits per heavy atom. The highest BCUT2D eigenvalue weighted by atomic mass is 16.4. The van der Waals surface area contributed by atoms with Gasteiger partial charge in [-0.25, -0.2) is 14.8 Å². The molecule has 3 unspecified atom stereocenters. The number of rotatable bonds is 4. The van der Waals surface area contributed by atoms with Gasteiger partial charge in [0.05, 0.1) is 0 Å². The quantitative estimate of drug-likeness (QED) is 0.873. The van der Waals surface area contributed by atoms with Crippen LogP contribution in [0.1, 0.15) is 49.3 Å². The maximum atomic E-state index is 11.0. The third-order valence-corrected chi connectivity index (χ3v) is 4.14. The van der Waals surface area contributed by atoms with Crippen LogP contribution in [0.4, 0.5) is 5.95 Å². The molecule has 1 heterocycles. The third-order valence-electron chi connectivity index (χ3n) is 4.14. The van der Waals surface area contributed by atoms with Crippen molar-refractivity contribution in [3.63, 3.8) is 0 Å². The molecule has 1 aromatic rings. The van der Waals surface area contributed by atoms with E-state index in [0.717, 1.165) is 12.3 Å². The topological polar surface area (TPSA) is 75.1 Å². The molecular formula is C14H21N3O2. The van der Waals surface area contributed by atoms with Crippen LogP contribution in [0.3, 0.4) is 0 Å². The average Bonchev–Trinajstić information content (AvgIpc) is 2.70. The molecule has 0 radical (unpaired) electrons. The van der Waals surface area contributed by atoms with Crippen LogP contribution in [0.5, 0.6) is 0 Å². The van der Waals surface area contributed by atoms with E-state index in [1.54, 1.807) is 6.92 Å². The van der Waals surface area contributed by atoms with Gasteiger partial charge in [-0.3, -0.25) is 0 Å². The maximum absolute atomic E-state index is 11.0. The summed E-state index contributed by atoms with van der Waals surface area (Å²) < 4.78 is 0. The van der Waals surface area contributed by atoms with Crippen molar-refractivity contribution in [3.05, 3.63) is 17.5 Å². The molecule has 0 saturated heterocycles. The fraction of sp³-hybridized carbons (Fsp3) is 0.643. The number of carbonyl (C=O) groups is 1. The van der Waals surface area contributed by atoms with E-state index in [2.05, 4.69) is 29.1 Å². The number of aromatic nitrogens is 2. The zero-order valence-corrected chi connectivity index (χ0v) is 11.7. The van der Waals surface area contributed by atoms with Crippen LogP contribution in [0.25, 0.3) is 0 Å². The van der Waals surface area contributed by atoms with Crippen molar-refractivity contribution in [1.82, 2.24) is 9.97 Å². The number of nitrogens with zero attached hydrogens (tertiary/aromatic N) is 2. The molecule has 1 aromatic heterocycles. The van der Waals surface area contributed by atoms with Gasteiger partial charge in [-0.15, -0.1) is 0 Å². The lowest BCUT2D eigenvalue weighted by atomic mass is 9.94. The molecule has 0 aromatic carbocycles. The summed E-state index contributed by atoms with van der Waals surface area (Å²) in [6.45, 7) is 6.24. The predicted octanol–water partition coefficient (Wildman–Crippen LogP) is 2.72. The van der Waals surface area contributed by atoms with E-state index in [9.17, 15) is 4.79 Å². The van der Waals surface area contributed by atoms with Gasteiger partial charge in [0.2, 0.25) is 5.95 Å². The highest BCUT2D eigenvalue weighted by Gasteiger charge is 2.31. The fourth-order valence-electron chi connectivity index (χ4n) is 2.94. The van der Waals surface area contributed by atoms with Crippen LogP contribution in [0.2, 0.25) is 0 Å². The molecule has 2 rings (SSSR count). The van der Waals surface area contributed by atoms with Crippen LogP contribution in [-0.2, 0) is 0 Å². The van der Waals surface area contributed by atoms with Crippen molar-refractivity contribution >= 4 is 11.9 Å². The number of aryl methyl sites for hydroxylation is 1. The molecule has 1 aliphatic rings. The van der Waals surface area contributed by atoms with Crippen LogP contribution < -0.4 is 5.32 Å². The second kappa shape index (κ2) is 5.55. The number of carboxylic acids is 1. The lowest BCUT2D eigenvalue weighted by Crippen LogP contribution is -2.26. The molecule has 0 amide bonds. The van der Waals surface area contributed by atoms with Crippen molar-refractivity contribution in [2.75, 3.05) is 5.32 Å². The Labute approximate surface area is 113 Å². The summed E-state index contributed by atoms with van der Waals surface area (Å²) in [5.74, 6) is 0.731. The van der Waals surface area contributed by atoms with Crippen LogP contribution in [0.15, 0.2) is 6.07 Å². The Kier molecular flexibility index (Phi) is 4.02. The number of carboxylic acid groups (broad SMARTS) is 1. The molecule has 1 saturated carbocycles. The molecular weight excluding hydrogens is 242 g/mol. The normalized spacial score (nSPS) is 26.4. The Morgan fingerprint density at radius 3 is 2.79 bits per heavy atom. The van der Waals surface area contributed by atoms with Gasteiger partial charge < -0.3 is 10.4 Å². The number of hydrogen-bond donors (Lipinski definition) is 2. The number of nitrogens with one attached hydrogen (secondary N) is 1. The predicted molar refractivity (Wildman–Crippen MR) is 73.3 cm³/mol. The molecule has 0 bridgehead atoms. The minimum atomic E-state index is -1.01. The zero-order chi connectivity index (χ0) is 14.0. The minimum Gasteiger partial charge on any atom is -0.477 e. The SMILES string of the molecule is CCC1CCC(Nc2nc(C)cc(C(=O)O)n2)C1C. The standard InChI is InChI=1S/C14H21N3O2/c1-4-10-5-6-11(9(10)3)16-14-15-8(2)7-12(17-14)13(18)19/h7,9-11H,4-6H2,1-3H3,(H,18,19)(H,15,16,17). The van der Waals surface area contributed by atoms with Crippen molar-refractivity contribution in [3.8, 4) is 0 Å². The van der Waals surface area contributed by atoms with Gasteiger partial charge in [0.25, 0.3) is 0 Å². The van der Waals surface area contributed by atoms with Gasteiger partial charge in [-0.2, -0.15) is 0 Å². The molecule has 3 atom stereocenters. The maximum Gasteiger partial charge on any atom is 0.354 e. The van der Waals surface area contributed by atoms with Gasteiger partial charge in [0.15, 0.2) is 5.69 Å². The molecule has 1 aliphatic carbocycles. The van der Waals surface area contributed by atoms with Crippen LogP contribution in [-0.4, -0.2) is 27.1 Å². The van der Waals surface area contributed by atoms with Gasteiger partial charge in [-0.1, -0.05) is 20.3 Å². The van der Waals surface area contributed by atoms with Gasteiger partial charge in [0, 0.05) is 11.7 Å². The molecule has 0 aliphatic heterocycles. The monoisotopic (exact) mass is 263 g/mol. The zero-order valence-electron chi connectivity index (χ0n) is 11.7. The largest absolute Gasteiger partial charge is 0.477 e. The second-order valence-electron chi connectivity index (χ2n) is 5.38. The van der Waals surface area contributed by atoms with Crippen LogP contribution >= 0.6 is 0 Å². The first-order valence-corrected chi connectivity index (χ1v) is 6.86. The van der Waals surface area contributed by atoms with Crippen molar-refractivity contribution < 1.29 is 9.90 Å². The number of anilines is 1. The van der Waals surface area contributed by atoms with E-state index < -0.39 is 5.97 Å². The van der Waals surface area contributed by atoms with E-state index in [-0.39, 0.29) is 5.69 Å². The number of hydrogen-bond acceptors (Lipinski definition) is 4. The summed E-state index contributed by atoms with van der Waals surface area (Å²) >= 11 is 0. The minimum absolute atomic E-state index is 0.0488. The van der Waals surface area contributed by atoms with Gasteiger partial charge in [-0.05, 0) is 37.7 Å². The van der Waals surface area contributed by atoms with Crippen molar-refractivity contribution in [2.24, 2.45) is 11.8 Å². The second-order valence-corrected chi connectivity index (χ2v) is 5.38. The van der Waals surface area contributed by atoms with Crippen LogP contribution in [0, 0.1) is 18.8 Å². The molecule has 104 valence electrons. The van der Waals surface area contributed by atoms with Crippen molar-refractivity contribution in [1.29, 1.82) is 0 Å². The lowest BCUT2D eigenvalue weighted by Gasteiger charge is -2.21. The summed E-state index contributed by atoms with van der Waals surface area (Å²) in [5, 5.41) is 12.3. The lowest BCUT2D eigenvalue weighted by molar-refractivity contribution is 0.0690. The summed E-state index contributed by atoms with van der Waals surface area (Å²) in [6.07, 6.45) is 3.50. The highest BCUT2D eigenvalue weighted by Crippen LogP contribution is 2.35. The summed E-state index contributed by atoms with van der Waals surface area (Å²) in [5.41, 5.74) is 0.722. The summed E-state index contributed by atoms with van der Waals surface area (Å²) in [6, 6.07) is 1.83. The van der Waals surface area contributed by atoms with Gasteiger partial charge in [0.1, 0.15) is 0 Å². The first-order valence-electron chi connectivity index (χ1n) is 6.86. The Bertz CT molecular complexity index is 476.